The molecule has 0 bridgehead atoms. The molecule has 7 nitrogen and oxygen atoms in total. The average Bonchev–Trinajstić information content (AvgIpc) is 3.10. The largest absolute Gasteiger partial charge is 0.357 e. The number of nitrogens with zero attached hydrogens (tertiary/aromatic N) is 3. The maximum Gasteiger partial charge on any atom is 0.208 e. The van der Waals surface area contributed by atoms with Gasteiger partial charge in [0.1, 0.15) is 0 Å². The van der Waals surface area contributed by atoms with Crippen LogP contribution >= 0.6 is 0 Å². The molecule has 22 heavy (non-hydrogen) atoms. The minimum absolute atomic E-state index is 0.344. The van der Waals surface area contributed by atoms with Crippen LogP contribution in [0.3, 0.4) is 0 Å². The van der Waals surface area contributed by atoms with Gasteiger partial charge >= 0.3 is 0 Å². The second kappa shape index (κ2) is 8.12. The van der Waals surface area contributed by atoms with Crippen LogP contribution in [-0.4, -0.2) is 82.3 Å². The lowest BCUT2D eigenvalue weighted by molar-refractivity contribution is 0.249. The number of nitrogens with one attached hydrogen (secondary N) is 2. The van der Waals surface area contributed by atoms with E-state index in [4.69, 9.17) is 0 Å². The molecular weight excluding hydrogens is 302 g/mol. The summed E-state index contributed by atoms with van der Waals surface area (Å²) in [4.78, 5) is 9.44. The maximum atomic E-state index is 11.1. The Morgan fingerprint density at radius 2 is 2.00 bits per heavy atom. The summed E-state index contributed by atoms with van der Waals surface area (Å²) in [7, 11) is -3.13. The lowest BCUT2D eigenvalue weighted by Gasteiger charge is -2.25. The van der Waals surface area contributed by atoms with Gasteiger partial charge in [0.15, 0.2) is 5.96 Å². The predicted octanol–water partition coefficient (Wildman–Crippen LogP) is -0.329. The zero-order chi connectivity index (χ0) is 16.0. The monoisotopic (exact) mass is 331 g/mol. The van der Waals surface area contributed by atoms with E-state index in [0.29, 0.717) is 19.1 Å². The molecule has 2 rings (SSSR count). The zero-order valence-electron chi connectivity index (χ0n) is 13.7. The predicted molar refractivity (Wildman–Crippen MR) is 89.6 cm³/mol. The van der Waals surface area contributed by atoms with Crippen molar-refractivity contribution < 1.29 is 8.42 Å². The highest BCUT2D eigenvalue weighted by Crippen LogP contribution is 2.20. The van der Waals surface area contributed by atoms with Gasteiger partial charge in [-0.25, -0.2) is 13.1 Å². The Labute approximate surface area is 134 Å². The van der Waals surface area contributed by atoms with E-state index in [1.165, 1.54) is 38.6 Å². The van der Waals surface area contributed by atoms with Crippen molar-refractivity contribution in [3.63, 3.8) is 0 Å². The summed E-state index contributed by atoms with van der Waals surface area (Å²) in [5.41, 5.74) is 0. The molecule has 2 fully saturated rings. The molecule has 1 unspecified atom stereocenters. The van der Waals surface area contributed by atoms with E-state index >= 15 is 0 Å². The molecule has 2 N–H and O–H groups in total. The van der Waals surface area contributed by atoms with Gasteiger partial charge in [-0.3, -0.25) is 9.89 Å². The number of aliphatic imine (C=N–C) groups is 1. The molecule has 0 spiro atoms. The van der Waals surface area contributed by atoms with Gasteiger partial charge in [-0.05, 0) is 39.3 Å². The van der Waals surface area contributed by atoms with E-state index < -0.39 is 10.0 Å². The van der Waals surface area contributed by atoms with Crippen LogP contribution in [-0.2, 0) is 10.0 Å². The van der Waals surface area contributed by atoms with E-state index in [1.807, 2.05) is 0 Å². The number of sulfonamides is 1. The first-order valence-corrected chi connectivity index (χ1v) is 10.1. The molecule has 0 aromatic rings. The molecule has 0 amide bonds. The first-order chi connectivity index (χ1) is 10.5. The molecule has 2 heterocycles. The number of rotatable bonds is 6. The summed E-state index contributed by atoms with van der Waals surface area (Å²) in [5, 5.41) is 3.31. The lowest BCUT2D eigenvalue weighted by atomic mass is 10.2. The SMILES string of the molecule is CCNC(=NCCNS(C)(=O)=O)N1CCC(N2CCCC2)C1. The Bertz CT molecular complexity index is 474. The minimum Gasteiger partial charge on any atom is -0.357 e. The fraction of sp³-hybridized carbons (Fsp3) is 0.929. The van der Waals surface area contributed by atoms with Crippen molar-refractivity contribution in [2.45, 2.75) is 32.2 Å². The summed E-state index contributed by atoms with van der Waals surface area (Å²) in [6, 6.07) is 0.639. The Hall–Kier alpha value is -0.860. The summed E-state index contributed by atoms with van der Waals surface area (Å²) >= 11 is 0. The van der Waals surface area contributed by atoms with Crippen LogP contribution in [0, 0.1) is 0 Å². The van der Waals surface area contributed by atoms with Gasteiger partial charge in [-0.1, -0.05) is 0 Å². The Balaban J connectivity index is 1.84. The third-order valence-corrected chi connectivity index (χ3v) is 4.92. The highest BCUT2D eigenvalue weighted by atomic mass is 32.2. The highest BCUT2D eigenvalue weighted by Gasteiger charge is 2.30. The molecule has 2 aliphatic rings. The Morgan fingerprint density at radius 3 is 2.64 bits per heavy atom. The topological polar surface area (TPSA) is 77.0 Å². The number of hydrogen-bond donors (Lipinski definition) is 2. The number of guanidine groups is 1. The second-order valence-electron chi connectivity index (χ2n) is 6.03. The van der Waals surface area contributed by atoms with Crippen molar-refractivity contribution in [2.75, 3.05) is 52.1 Å². The number of likely N-dealkylation sites (tertiary alicyclic amines) is 2. The van der Waals surface area contributed by atoms with Crippen LogP contribution < -0.4 is 10.0 Å². The molecule has 8 heteroatoms. The quantitative estimate of drug-likeness (QED) is 0.396. The Morgan fingerprint density at radius 1 is 1.27 bits per heavy atom. The molecule has 0 aromatic carbocycles. The lowest BCUT2D eigenvalue weighted by Crippen LogP contribution is -2.43. The fourth-order valence-electron chi connectivity index (χ4n) is 3.16. The van der Waals surface area contributed by atoms with Crippen LogP contribution in [0.25, 0.3) is 0 Å². The van der Waals surface area contributed by atoms with Crippen LogP contribution in [0.15, 0.2) is 4.99 Å². The first-order valence-electron chi connectivity index (χ1n) is 8.21. The standard InChI is InChI=1S/C14H29N5O2S/c1-3-15-14(16-7-8-17-22(2,20)21)19-11-6-13(12-19)18-9-4-5-10-18/h13,17H,3-12H2,1-2H3,(H,15,16). The van der Waals surface area contributed by atoms with Crippen molar-refractivity contribution in [1.29, 1.82) is 0 Å². The highest BCUT2D eigenvalue weighted by molar-refractivity contribution is 7.88. The maximum absolute atomic E-state index is 11.1. The van der Waals surface area contributed by atoms with E-state index in [-0.39, 0.29) is 0 Å². The van der Waals surface area contributed by atoms with Crippen LogP contribution in [0.2, 0.25) is 0 Å². The van der Waals surface area contributed by atoms with Crippen molar-refractivity contribution >= 4 is 16.0 Å². The molecule has 0 aromatic heterocycles. The van der Waals surface area contributed by atoms with E-state index in [1.54, 1.807) is 0 Å². The van der Waals surface area contributed by atoms with Gasteiger partial charge in [0.2, 0.25) is 10.0 Å². The van der Waals surface area contributed by atoms with Gasteiger partial charge in [0.05, 0.1) is 12.8 Å². The summed E-state index contributed by atoms with van der Waals surface area (Å²) in [6.07, 6.45) is 5.00. The summed E-state index contributed by atoms with van der Waals surface area (Å²) in [5.74, 6) is 0.902. The van der Waals surface area contributed by atoms with E-state index in [2.05, 4.69) is 31.8 Å². The van der Waals surface area contributed by atoms with Crippen LogP contribution in [0.1, 0.15) is 26.2 Å². The molecule has 1 atom stereocenters. The van der Waals surface area contributed by atoms with Crippen molar-refractivity contribution in [1.82, 2.24) is 19.8 Å². The van der Waals surface area contributed by atoms with Crippen molar-refractivity contribution in [3.8, 4) is 0 Å². The minimum atomic E-state index is -3.13. The summed E-state index contributed by atoms with van der Waals surface area (Å²) < 4.78 is 24.6. The van der Waals surface area contributed by atoms with Crippen LogP contribution in [0.5, 0.6) is 0 Å². The van der Waals surface area contributed by atoms with Gasteiger partial charge in [0, 0.05) is 32.2 Å². The molecular formula is C14H29N5O2S. The zero-order valence-corrected chi connectivity index (χ0v) is 14.5. The smallest absolute Gasteiger partial charge is 0.208 e. The van der Waals surface area contributed by atoms with Gasteiger partial charge in [0.25, 0.3) is 0 Å². The fourth-order valence-corrected chi connectivity index (χ4v) is 3.62. The van der Waals surface area contributed by atoms with Crippen LogP contribution in [0.4, 0.5) is 0 Å². The number of hydrogen-bond acceptors (Lipinski definition) is 4. The van der Waals surface area contributed by atoms with Gasteiger partial charge < -0.3 is 10.2 Å². The normalized spacial score (nSPS) is 24.2. The average molecular weight is 331 g/mol. The van der Waals surface area contributed by atoms with E-state index in [0.717, 1.165) is 25.6 Å². The molecule has 128 valence electrons. The molecule has 0 radical (unpaired) electrons. The Kier molecular flexibility index (Phi) is 6.46. The van der Waals surface area contributed by atoms with Crippen molar-refractivity contribution in [2.24, 2.45) is 4.99 Å². The third kappa shape index (κ3) is 5.40. The molecule has 0 saturated carbocycles. The second-order valence-corrected chi connectivity index (χ2v) is 7.87. The van der Waals surface area contributed by atoms with Gasteiger partial charge in [-0.15, -0.1) is 0 Å². The molecule has 2 aliphatic heterocycles. The van der Waals surface area contributed by atoms with Gasteiger partial charge in [-0.2, -0.15) is 0 Å². The molecule has 2 saturated heterocycles. The van der Waals surface area contributed by atoms with Crippen molar-refractivity contribution in [3.05, 3.63) is 0 Å². The summed E-state index contributed by atoms with van der Waals surface area (Å²) in [6.45, 7) is 8.17. The molecule has 0 aliphatic carbocycles. The first kappa shape index (κ1) is 17.5. The third-order valence-electron chi connectivity index (χ3n) is 4.19. The van der Waals surface area contributed by atoms with E-state index in [9.17, 15) is 8.42 Å².